The number of pyridine rings is 1. The quantitative estimate of drug-likeness (QED) is 0.846. The first-order chi connectivity index (χ1) is 11.1. The zero-order valence-electron chi connectivity index (χ0n) is 14.3. The molecule has 3 heterocycles. The third kappa shape index (κ3) is 4.09. The van der Waals surface area contributed by atoms with Crippen LogP contribution in [0.15, 0.2) is 24.5 Å². The van der Waals surface area contributed by atoms with E-state index in [1.165, 1.54) is 5.56 Å². The number of aromatic nitrogens is 1. The minimum Gasteiger partial charge on any atom is -0.342 e. The number of amides is 1. The van der Waals surface area contributed by atoms with E-state index in [0.717, 1.165) is 52.2 Å². The summed E-state index contributed by atoms with van der Waals surface area (Å²) in [7, 11) is 0. The summed E-state index contributed by atoms with van der Waals surface area (Å²) in [6.07, 6.45) is 4.84. The average molecular weight is 316 g/mol. The topological polar surface area (TPSA) is 39.7 Å². The molecule has 5 heteroatoms. The van der Waals surface area contributed by atoms with Crippen molar-refractivity contribution >= 4 is 5.91 Å². The molecule has 0 aliphatic carbocycles. The molecule has 0 N–H and O–H groups in total. The number of carbonyl (C=O) groups is 1. The summed E-state index contributed by atoms with van der Waals surface area (Å²) in [4.78, 5) is 22.8. The fourth-order valence-electron chi connectivity index (χ4n) is 3.98. The number of likely N-dealkylation sites (tertiary alicyclic amines) is 1. The zero-order chi connectivity index (χ0) is 16.2. The standard InChI is InChI=1S/C18H28N4O/c1-15-12-20(13-17-4-6-19-7-5-17)14-18(15)22-9-3-8-21(10-11-22)16(2)23/h4-7,15,18H,3,8-14H2,1-2H3/t15-,18-/m0/s1. The lowest BCUT2D eigenvalue weighted by atomic mass is 10.0. The molecule has 0 spiro atoms. The van der Waals surface area contributed by atoms with Crippen LogP contribution in [0, 0.1) is 5.92 Å². The summed E-state index contributed by atoms with van der Waals surface area (Å²) in [6.45, 7) is 11.3. The Morgan fingerprint density at radius 1 is 1.17 bits per heavy atom. The molecule has 0 radical (unpaired) electrons. The van der Waals surface area contributed by atoms with E-state index in [1.807, 2.05) is 17.3 Å². The van der Waals surface area contributed by atoms with E-state index < -0.39 is 0 Å². The number of carbonyl (C=O) groups excluding carboxylic acids is 1. The van der Waals surface area contributed by atoms with Crippen molar-refractivity contribution in [3.8, 4) is 0 Å². The van der Waals surface area contributed by atoms with Gasteiger partial charge in [-0.2, -0.15) is 0 Å². The first-order valence-electron chi connectivity index (χ1n) is 8.74. The van der Waals surface area contributed by atoms with Gasteiger partial charge in [0.25, 0.3) is 0 Å². The van der Waals surface area contributed by atoms with Crippen molar-refractivity contribution in [3.05, 3.63) is 30.1 Å². The number of nitrogens with zero attached hydrogens (tertiary/aromatic N) is 4. The lowest BCUT2D eigenvalue weighted by Crippen LogP contribution is -2.42. The van der Waals surface area contributed by atoms with Gasteiger partial charge in [-0.3, -0.25) is 19.6 Å². The number of rotatable bonds is 3. The van der Waals surface area contributed by atoms with Crippen molar-refractivity contribution < 1.29 is 4.79 Å². The normalized spacial score (nSPS) is 27.1. The summed E-state index contributed by atoms with van der Waals surface area (Å²) in [5.41, 5.74) is 1.34. The summed E-state index contributed by atoms with van der Waals surface area (Å²) in [6, 6.07) is 4.83. The summed E-state index contributed by atoms with van der Waals surface area (Å²) < 4.78 is 0. The van der Waals surface area contributed by atoms with Crippen LogP contribution >= 0.6 is 0 Å². The van der Waals surface area contributed by atoms with Gasteiger partial charge in [-0.15, -0.1) is 0 Å². The Labute approximate surface area is 139 Å². The zero-order valence-corrected chi connectivity index (χ0v) is 14.3. The monoisotopic (exact) mass is 316 g/mol. The maximum Gasteiger partial charge on any atom is 0.219 e. The van der Waals surface area contributed by atoms with Gasteiger partial charge in [0.2, 0.25) is 5.91 Å². The molecule has 2 atom stereocenters. The van der Waals surface area contributed by atoms with E-state index in [1.54, 1.807) is 6.92 Å². The molecule has 0 aromatic carbocycles. The van der Waals surface area contributed by atoms with E-state index in [4.69, 9.17) is 0 Å². The van der Waals surface area contributed by atoms with Gasteiger partial charge in [0.1, 0.15) is 0 Å². The highest BCUT2D eigenvalue weighted by Crippen LogP contribution is 2.24. The predicted molar refractivity (Wildman–Crippen MR) is 90.9 cm³/mol. The van der Waals surface area contributed by atoms with E-state index in [9.17, 15) is 4.79 Å². The smallest absolute Gasteiger partial charge is 0.219 e. The van der Waals surface area contributed by atoms with Crippen LogP contribution in [0.2, 0.25) is 0 Å². The van der Waals surface area contributed by atoms with Crippen molar-refractivity contribution in [2.24, 2.45) is 5.92 Å². The van der Waals surface area contributed by atoms with Crippen LogP contribution in [0.25, 0.3) is 0 Å². The first-order valence-corrected chi connectivity index (χ1v) is 8.74. The molecular weight excluding hydrogens is 288 g/mol. The molecule has 1 amide bonds. The summed E-state index contributed by atoms with van der Waals surface area (Å²) >= 11 is 0. The molecule has 0 bridgehead atoms. The van der Waals surface area contributed by atoms with Crippen LogP contribution in [0.4, 0.5) is 0 Å². The van der Waals surface area contributed by atoms with Crippen molar-refractivity contribution in [3.63, 3.8) is 0 Å². The average Bonchev–Trinajstić information content (AvgIpc) is 2.75. The Kier molecular flexibility index (Phi) is 5.28. The van der Waals surface area contributed by atoms with E-state index >= 15 is 0 Å². The minimum absolute atomic E-state index is 0.214. The largest absolute Gasteiger partial charge is 0.342 e. The van der Waals surface area contributed by atoms with Gasteiger partial charge in [-0.1, -0.05) is 6.92 Å². The third-order valence-corrected chi connectivity index (χ3v) is 5.25. The second kappa shape index (κ2) is 7.41. The Morgan fingerprint density at radius 3 is 2.70 bits per heavy atom. The lowest BCUT2D eigenvalue weighted by Gasteiger charge is -2.30. The van der Waals surface area contributed by atoms with Crippen LogP contribution in [0.1, 0.15) is 25.8 Å². The third-order valence-electron chi connectivity index (χ3n) is 5.25. The molecule has 23 heavy (non-hydrogen) atoms. The molecule has 1 aromatic heterocycles. The second-order valence-corrected chi connectivity index (χ2v) is 6.99. The maximum atomic E-state index is 11.6. The van der Waals surface area contributed by atoms with Crippen LogP contribution < -0.4 is 0 Å². The van der Waals surface area contributed by atoms with Crippen molar-refractivity contribution in [2.75, 3.05) is 39.3 Å². The van der Waals surface area contributed by atoms with Gasteiger partial charge in [0.05, 0.1) is 0 Å². The van der Waals surface area contributed by atoms with E-state index in [0.29, 0.717) is 12.0 Å². The fourth-order valence-corrected chi connectivity index (χ4v) is 3.98. The highest BCUT2D eigenvalue weighted by Gasteiger charge is 2.34. The molecule has 3 rings (SSSR count). The number of hydrogen-bond acceptors (Lipinski definition) is 4. The molecule has 2 aliphatic rings. The van der Waals surface area contributed by atoms with Crippen LogP contribution in [0.5, 0.6) is 0 Å². The van der Waals surface area contributed by atoms with Gasteiger partial charge in [-0.05, 0) is 30.0 Å². The van der Waals surface area contributed by atoms with Crippen molar-refractivity contribution in [2.45, 2.75) is 32.9 Å². The SMILES string of the molecule is CC(=O)N1CCCN([C@H]2CN(Cc3ccncc3)C[C@@H]2C)CC1. The van der Waals surface area contributed by atoms with Gasteiger partial charge in [-0.25, -0.2) is 0 Å². The molecule has 0 saturated carbocycles. The van der Waals surface area contributed by atoms with Gasteiger partial charge in [0, 0.05) is 71.2 Å². The Hall–Kier alpha value is -1.46. The summed E-state index contributed by atoms with van der Waals surface area (Å²) in [5, 5.41) is 0. The van der Waals surface area contributed by atoms with Crippen LogP contribution in [-0.2, 0) is 11.3 Å². The second-order valence-electron chi connectivity index (χ2n) is 6.99. The Morgan fingerprint density at radius 2 is 1.96 bits per heavy atom. The highest BCUT2D eigenvalue weighted by molar-refractivity contribution is 5.73. The molecule has 2 fully saturated rings. The van der Waals surface area contributed by atoms with E-state index in [-0.39, 0.29) is 5.91 Å². The first kappa shape index (κ1) is 16.4. The van der Waals surface area contributed by atoms with E-state index in [2.05, 4.69) is 33.8 Å². The van der Waals surface area contributed by atoms with Crippen LogP contribution in [-0.4, -0.2) is 70.9 Å². The van der Waals surface area contributed by atoms with Crippen molar-refractivity contribution in [1.29, 1.82) is 0 Å². The van der Waals surface area contributed by atoms with Gasteiger partial charge in [0.15, 0.2) is 0 Å². The predicted octanol–water partition coefficient (Wildman–Crippen LogP) is 1.46. The Balaban J connectivity index is 1.57. The van der Waals surface area contributed by atoms with Crippen LogP contribution in [0.3, 0.4) is 0 Å². The van der Waals surface area contributed by atoms with Crippen molar-refractivity contribution in [1.82, 2.24) is 19.7 Å². The minimum atomic E-state index is 0.214. The molecule has 0 unspecified atom stereocenters. The molecule has 2 saturated heterocycles. The lowest BCUT2D eigenvalue weighted by molar-refractivity contribution is -0.128. The molecular formula is C18H28N4O. The Bertz CT molecular complexity index is 521. The summed E-state index contributed by atoms with van der Waals surface area (Å²) in [5.74, 6) is 0.895. The van der Waals surface area contributed by atoms with Gasteiger partial charge < -0.3 is 4.90 Å². The molecule has 126 valence electrons. The fraction of sp³-hybridized carbons (Fsp3) is 0.667. The van der Waals surface area contributed by atoms with Gasteiger partial charge >= 0.3 is 0 Å². The molecule has 1 aromatic rings. The molecule has 2 aliphatic heterocycles. The number of hydrogen-bond donors (Lipinski definition) is 0. The maximum absolute atomic E-state index is 11.6. The molecule has 5 nitrogen and oxygen atoms in total. The highest BCUT2D eigenvalue weighted by atomic mass is 16.2.